The van der Waals surface area contributed by atoms with E-state index in [1.807, 2.05) is 12.5 Å². The first kappa shape index (κ1) is 12.1. The van der Waals surface area contributed by atoms with E-state index in [2.05, 4.69) is 21.8 Å². The van der Waals surface area contributed by atoms with E-state index in [0.29, 0.717) is 0 Å². The molecule has 5 nitrogen and oxygen atoms in total. The van der Waals surface area contributed by atoms with Gasteiger partial charge in [0.25, 0.3) is 0 Å². The molecule has 0 saturated carbocycles. The summed E-state index contributed by atoms with van der Waals surface area (Å²) < 4.78 is 13.6. The van der Waals surface area contributed by atoms with Gasteiger partial charge in [0.2, 0.25) is 0 Å². The van der Waals surface area contributed by atoms with Gasteiger partial charge in [0, 0.05) is 31.8 Å². The molecular formula is C13H21N3O2. The molecule has 0 aliphatic carbocycles. The molecule has 1 N–H and O–H groups in total. The number of ether oxygens (including phenoxy) is 2. The molecule has 0 radical (unpaired) electrons. The molecule has 1 aromatic rings. The van der Waals surface area contributed by atoms with Crippen LogP contribution in [-0.4, -0.2) is 42.5 Å². The van der Waals surface area contributed by atoms with Crippen molar-refractivity contribution in [3.05, 3.63) is 18.2 Å². The Balaban J connectivity index is 1.85. The van der Waals surface area contributed by atoms with Crippen LogP contribution in [0.1, 0.15) is 31.6 Å². The van der Waals surface area contributed by atoms with E-state index in [9.17, 15) is 0 Å². The van der Waals surface area contributed by atoms with Crippen LogP contribution in [0.2, 0.25) is 0 Å². The highest BCUT2D eigenvalue weighted by Crippen LogP contribution is 2.32. The van der Waals surface area contributed by atoms with Crippen molar-refractivity contribution in [1.82, 2.24) is 14.9 Å². The van der Waals surface area contributed by atoms with E-state index in [4.69, 9.17) is 9.47 Å². The Morgan fingerprint density at radius 3 is 2.94 bits per heavy atom. The minimum Gasteiger partial charge on any atom is -0.381 e. The minimum absolute atomic E-state index is 0.116. The zero-order chi connectivity index (χ0) is 12.4. The maximum absolute atomic E-state index is 5.84. The third-order valence-electron chi connectivity index (χ3n) is 4.08. The van der Waals surface area contributed by atoms with Crippen molar-refractivity contribution in [2.45, 2.75) is 31.4 Å². The van der Waals surface area contributed by atoms with Crippen molar-refractivity contribution < 1.29 is 9.47 Å². The number of morpholine rings is 1. The largest absolute Gasteiger partial charge is 0.381 e. The standard InChI is InChI=1S/C13H21N3O2/c1-13(2-5-17-6-3-13)16-10-15-8-11(16)12-9-14-4-7-18-12/h8,10,12,14H,2-7,9H2,1H3. The zero-order valence-corrected chi connectivity index (χ0v) is 10.9. The van der Waals surface area contributed by atoms with Gasteiger partial charge < -0.3 is 19.4 Å². The lowest BCUT2D eigenvalue weighted by atomic mass is 9.91. The average Bonchev–Trinajstić information content (AvgIpc) is 2.91. The number of hydrogen-bond donors (Lipinski definition) is 1. The zero-order valence-electron chi connectivity index (χ0n) is 10.9. The molecule has 100 valence electrons. The summed E-state index contributed by atoms with van der Waals surface area (Å²) in [5, 5.41) is 3.37. The van der Waals surface area contributed by atoms with Crippen LogP contribution in [-0.2, 0) is 15.0 Å². The molecule has 2 saturated heterocycles. The lowest BCUT2D eigenvalue weighted by Gasteiger charge is -2.37. The van der Waals surface area contributed by atoms with Crippen molar-refractivity contribution in [2.75, 3.05) is 32.9 Å². The Labute approximate surface area is 107 Å². The molecule has 0 bridgehead atoms. The Hall–Kier alpha value is -0.910. The maximum Gasteiger partial charge on any atom is 0.111 e. The molecule has 0 spiro atoms. The van der Waals surface area contributed by atoms with Gasteiger partial charge in [-0.15, -0.1) is 0 Å². The van der Waals surface area contributed by atoms with Crippen LogP contribution >= 0.6 is 0 Å². The molecule has 2 aliphatic heterocycles. The lowest BCUT2D eigenvalue weighted by molar-refractivity contribution is 0.00447. The molecule has 0 aromatic carbocycles. The van der Waals surface area contributed by atoms with Gasteiger partial charge in [0.1, 0.15) is 6.10 Å². The molecule has 3 heterocycles. The first-order chi connectivity index (χ1) is 8.80. The summed E-state index contributed by atoms with van der Waals surface area (Å²) in [6, 6.07) is 0. The van der Waals surface area contributed by atoms with Crippen molar-refractivity contribution in [1.29, 1.82) is 0 Å². The monoisotopic (exact) mass is 251 g/mol. The van der Waals surface area contributed by atoms with Crippen LogP contribution in [0.5, 0.6) is 0 Å². The Bertz CT molecular complexity index is 393. The van der Waals surface area contributed by atoms with Gasteiger partial charge in [-0.05, 0) is 19.8 Å². The Kier molecular flexibility index (Phi) is 3.37. The van der Waals surface area contributed by atoms with Crippen LogP contribution in [0.25, 0.3) is 0 Å². The molecule has 1 atom stereocenters. The SMILES string of the molecule is CC1(n2cncc2C2CNCCO2)CCOCC1. The van der Waals surface area contributed by atoms with E-state index >= 15 is 0 Å². The summed E-state index contributed by atoms with van der Waals surface area (Å²) in [6.45, 7) is 6.54. The fraction of sp³-hybridized carbons (Fsp3) is 0.769. The highest BCUT2D eigenvalue weighted by molar-refractivity contribution is 5.09. The predicted octanol–water partition coefficient (Wildman–Crippen LogP) is 1.07. The third kappa shape index (κ3) is 2.18. The number of hydrogen-bond acceptors (Lipinski definition) is 4. The molecule has 0 amide bonds. The van der Waals surface area contributed by atoms with Gasteiger partial charge in [0.05, 0.1) is 24.8 Å². The van der Waals surface area contributed by atoms with Crippen molar-refractivity contribution in [3.63, 3.8) is 0 Å². The average molecular weight is 251 g/mol. The summed E-state index contributed by atoms with van der Waals surface area (Å²) in [4.78, 5) is 4.33. The molecule has 1 aromatic heterocycles. The van der Waals surface area contributed by atoms with Crippen LogP contribution in [0.3, 0.4) is 0 Å². The molecule has 2 fully saturated rings. The quantitative estimate of drug-likeness (QED) is 0.854. The van der Waals surface area contributed by atoms with Gasteiger partial charge in [-0.25, -0.2) is 4.98 Å². The summed E-state index contributed by atoms with van der Waals surface area (Å²) in [5.41, 5.74) is 1.30. The number of aromatic nitrogens is 2. The van der Waals surface area contributed by atoms with E-state index in [1.54, 1.807) is 0 Å². The molecular weight excluding hydrogens is 230 g/mol. The fourth-order valence-corrected chi connectivity index (χ4v) is 2.80. The van der Waals surface area contributed by atoms with Gasteiger partial charge >= 0.3 is 0 Å². The predicted molar refractivity (Wildman–Crippen MR) is 67.5 cm³/mol. The van der Waals surface area contributed by atoms with Crippen LogP contribution in [0, 0.1) is 0 Å². The van der Waals surface area contributed by atoms with Gasteiger partial charge in [-0.1, -0.05) is 0 Å². The first-order valence-corrected chi connectivity index (χ1v) is 6.72. The van der Waals surface area contributed by atoms with E-state index in [-0.39, 0.29) is 11.6 Å². The van der Waals surface area contributed by atoms with Crippen molar-refractivity contribution in [3.8, 4) is 0 Å². The first-order valence-electron chi connectivity index (χ1n) is 6.72. The molecule has 3 rings (SSSR count). The summed E-state index contributed by atoms with van der Waals surface area (Å²) >= 11 is 0. The fourth-order valence-electron chi connectivity index (χ4n) is 2.80. The van der Waals surface area contributed by atoms with E-state index in [1.165, 1.54) is 5.69 Å². The second-order valence-electron chi connectivity index (χ2n) is 5.36. The summed E-state index contributed by atoms with van der Waals surface area (Å²) in [5.74, 6) is 0. The van der Waals surface area contributed by atoms with Crippen molar-refractivity contribution in [2.24, 2.45) is 0 Å². The summed E-state index contributed by atoms with van der Waals surface area (Å²) in [6.07, 6.45) is 6.09. The van der Waals surface area contributed by atoms with Gasteiger partial charge in [-0.2, -0.15) is 0 Å². The number of rotatable bonds is 2. The second-order valence-corrected chi connectivity index (χ2v) is 5.36. The van der Waals surface area contributed by atoms with Crippen LogP contribution in [0.4, 0.5) is 0 Å². The molecule has 5 heteroatoms. The smallest absolute Gasteiger partial charge is 0.111 e. The van der Waals surface area contributed by atoms with E-state index in [0.717, 1.165) is 45.8 Å². The maximum atomic E-state index is 5.84. The molecule has 2 aliphatic rings. The highest BCUT2D eigenvalue weighted by Gasteiger charge is 2.33. The van der Waals surface area contributed by atoms with Crippen LogP contribution in [0.15, 0.2) is 12.5 Å². The second kappa shape index (κ2) is 4.99. The lowest BCUT2D eigenvalue weighted by Crippen LogP contribution is -2.40. The van der Waals surface area contributed by atoms with Crippen LogP contribution < -0.4 is 5.32 Å². The normalized spacial score (nSPS) is 28.2. The van der Waals surface area contributed by atoms with Gasteiger partial charge in [0.15, 0.2) is 0 Å². The molecule has 1 unspecified atom stereocenters. The Morgan fingerprint density at radius 2 is 2.22 bits per heavy atom. The van der Waals surface area contributed by atoms with Gasteiger partial charge in [-0.3, -0.25) is 0 Å². The Morgan fingerprint density at radius 1 is 1.39 bits per heavy atom. The number of nitrogens with zero attached hydrogens (tertiary/aromatic N) is 2. The highest BCUT2D eigenvalue weighted by atomic mass is 16.5. The third-order valence-corrected chi connectivity index (χ3v) is 4.08. The van der Waals surface area contributed by atoms with Crippen molar-refractivity contribution >= 4 is 0 Å². The minimum atomic E-state index is 0.116. The topological polar surface area (TPSA) is 48.3 Å². The number of nitrogens with one attached hydrogen (secondary N) is 1. The summed E-state index contributed by atoms with van der Waals surface area (Å²) in [7, 11) is 0. The molecule has 18 heavy (non-hydrogen) atoms. The van der Waals surface area contributed by atoms with E-state index < -0.39 is 0 Å². The number of imidazole rings is 1.